The zero-order valence-corrected chi connectivity index (χ0v) is 18.5. The quantitative estimate of drug-likeness (QED) is 0.678. The van der Waals surface area contributed by atoms with Crippen LogP contribution in [0.5, 0.6) is 0 Å². The smallest absolute Gasteiger partial charge is 0.287 e. The number of carbonyl (C=O) groups excluding carboxylic acids is 2. The van der Waals surface area contributed by atoms with Crippen molar-refractivity contribution < 1.29 is 18.4 Å². The molecule has 2 aromatic rings. The van der Waals surface area contributed by atoms with Crippen LogP contribution < -0.4 is 10.6 Å². The van der Waals surface area contributed by atoms with Gasteiger partial charge in [-0.1, -0.05) is 13.8 Å². The third kappa shape index (κ3) is 5.41. The summed E-state index contributed by atoms with van der Waals surface area (Å²) in [6, 6.07) is 7.35. The van der Waals surface area contributed by atoms with Crippen molar-refractivity contribution >= 4 is 11.8 Å². The second kappa shape index (κ2) is 9.75. The molecule has 6 nitrogen and oxygen atoms in total. The summed E-state index contributed by atoms with van der Waals surface area (Å²) in [5, 5.41) is 6.31. The highest BCUT2D eigenvalue weighted by Crippen LogP contribution is 2.39. The number of nitrogens with one attached hydrogen (secondary N) is 2. The van der Waals surface area contributed by atoms with Gasteiger partial charge in [-0.05, 0) is 92.9 Å². The summed E-state index contributed by atoms with van der Waals surface area (Å²) in [4.78, 5) is 24.6. The van der Waals surface area contributed by atoms with Gasteiger partial charge in [0.25, 0.3) is 11.8 Å². The van der Waals surface area contributed by atoms with Crippen molar-refractivity contribution in [3.63, 3.8) is 0 Å². The third-order valence-corrected chi connectivity index (χ3v) is 7.35. The number of hydrogen-bond acceptors (Lipinski definition) is 4. The maximum absolute atomic E-state index is 12.3. The van der Waals surface area contributed by atoms with E-state index in [1.807, 2.05) is 0 Å². The Hall–Kier alpha value is -2.50. The lowest BCUT2D eigenvalue weighted by atomic mass is 9.70. The number of rotatable bonds is 6. The highest BCUT2D eigenvalue weighted by molar-refractivity contribution is 5.92. The van der Waals surface area contributed by atoms with Crippen molar-refractivity contribution in [3.05, 3.63) is 48.3 Å². The molecule has 0 spiro atoms. The monoisotopic (exact) mass is 426 g/mol. The highest BCUT2D eigenvalue weighted by Gasteiger charge is 2.34. The van der Waals surface area contributed by atoms with E-state index in [0.717, 1.165) is 50.4 Å². The van der Waals surface area contributed by atoms with Crippen LogP contribution in [0.25, 0.3) is 0 Å². The molecule has 0 radical (unpaired) electrons. The summed E-state index contributed by atoms with van der Waals surface area (Å²) >= 11 is 0. The summed E-state index contributed by atoms with van der Waals surface area (Å²) in [6.45, 7) is 4.51. The molecular weight excluding hydrogens is 392 g/mol. The fraction of sp³-hybridized carbons (Fsp3) is 0.600. The molecule has 0 aromatic carbocycles. The van der Waals surface area contributed by atoms with Crippen molar-refractivity contribution in [1.82, 2.24) is 10.6 Å². The first-order valence-corrected chi connectivity index (χ1v) is 11.7. The largest absolute Gasteiger partial charge is 0.459 e. The van der Waals surface area contributed by atoms with Gasteiger partial charge in [0.15, 0.2) is 11.5 Å². The van der Waals surface area contributed by atoms with Gasteiger partial charge in [0, 0.05) is 12.1 Å². The van der Waals surface area contributed by atoms with Gasteiger partial charge >= 0.3 is 0 Å². The van der Waals surface area contributed by atoms with E-state index in [1.165, 1.54) is 18.9 Å². The van der Waals surface area contributed by atoms with Crippen molar-refractivity contribution in [1.29, 1.82) is 0 Å². The molecule has 31 heavy (non-hydrogen) atoms. The van der Waals surface area contributed by atoms with E-state index in [2.05, 4.69) is 24.5 Å². The normalized spacial score (nSPS) is 31.2. The Morgan fingerprint density at radius 2 is 1.26 bits per heavy atom. The lowest BCUT2D eigenvalue weighted by molar-refractivity contribution is 0.0841. The second-order valence-corrected chi connectivity index (χ2v) is 9.66. The second-order valence-electron chi connectivity index (χ2n) is 9.66. The fourth-order valence-corrected chi connectivity index (χ4v) is 5.64. The summed E-state index contributed by atoms with van der Waals surface area (Å²) in [7, 11) is 0. The Labute approximate surface area is 184 Å². The summed E-state index contributed by atoms with van der Waals surface area (Å²) in [6.07, 6.45) is 11.0. The molecule has 2 fully saturated rings. The Balaban J connectivity index is 1.21. The van der Waals surface area contributed by atoms with Crippen LogP contribution in [-0.2, 0) is 0 Å². The molecule has 2 aliphatic rings. The van der Waals surface area contributed by atoms with Crippen molar-refractivity contribution in [2.24, 2.45) is 23.7 Å². The zero-order chi connectivity index (χ0) is 21.8. The van der Waals surface area contributed by atoms with Crippen molar-refractivity contribution in [3.8, 4) is 0 Å². The molecule has 2 N–H and O–H groups in total. The predicted molar refractivity (Wildman–Crippen MR) is 118 cm³/mol. The van der Waals surface area contributed by atoms with Gasteiger partial charge in [-0.15, -0.1) is 0 Å². The van der Waals surface area contributed by atoms with Crippen LogP contribution >= 0.6 is 0 Å². The maximum Gasteiger partial charge on any atom is 0.287 e. The highest BCUT2D eigenvalue weighted by atomic mass is 16.3. The number of hydrogen-bond donors (Lipinski definition) is 2. The van der Waals surface area contributed by atoms with Gasteiger partial charge in [-0.3, -0.25) is 9.59 Å². The van der Waals surface area contributed by atoms with E-state index in [1.54, 1.807) is 24.3 Å². The average Bonchev–Trinajstić information content (AvgIpc) is 3.46. The molecule has 6 atom stereocenters. The standard InChI is InChI=1S/C25H34N2O4/c1-16-13-18(7-9-20(16)26-24(28)22-5-3-11-30-22)15-19-8-10-21(17(2)14-19)27-25(29)23-6-4-12-31-23/h3-6,11-12,16-21H,7-10,13-15H2,1-2H3,(H,26,28)(H,27,29)/t16-,17-,18-,19-,20-,21+/m1/s1. The molecule has 0 unspecified atom stereocenters. The predicted octanol–water partition coefficient (Wildman–Crippen LogP) is 5.03. The molecule has 0 saturated heterocycles. The Morgan fingerprint density at radius 1 is 0.806 bits per heavy atom. The molecule has 2 amide bonds. The fourth-order valence-electron chi connectivity index (χ4n) is 5.64. The molecule has 2 aromatic heterocycles. The lowest BCUT2D eigenvalue weighted by Gasteiger charge is -2.39. The molecule has 2 heterocycles. The molecule has 4 rings (SSSR count). The first-order valence-electron chi connectivity index (χ1n) is 11.7. The molecular formula is C25H34N2O4. The summed E-state index contributed by atoms with van der Waals surface area (Å²) < 4.78 is 10.4. The molecule has 0 bridgehead atoms. The third-order valence-electron chi connectivity index (χ3n) is 7.35. The van der Waals surface area contributed by atoms with Crippen LogP contribution in [0.1, 0.15) is 79.9 Å². The van der Waals surface area contributed by atoms with Gasteiger partial charge in [-0.2, -0.15) is 0 Å². The molecule has 2 saturated carbocycles. The Bertz CT molecular complexity index is 775. The minimum atomic E-state index is -0.107. The van der Waals surface area contributed by atoms with E-state index < -0.39 is 0 Å². The van der Waals surface area contributed by atoms with E-state index in [9.17, 15) is 9.59 Å². The SMILES string of the molecule is C[C@@H]1C[C@H](C[C@@H]2CC[C@@H](NC(=O)c3ccco3)[C@H](C)C2)CC[C@@H]1NC(=O)c1ccco1. The molecule has 6 heteroatoms. The van der Waals surface area contributed by atoms with Gasteiger partial charge in [0.2, 0.25) is 0 Å². The summed E-state index contributed by atoms with van der Waals surface area (Å²) in [5.41, 5.74) is 0. The van der Waals surface area contributed by atoms with Crippen LogP contribution in [0.4, 0.5) is 0 Å². The minimum Gasteiger partial charge on any atom is -0.459 e. The molecule has 0 aliphatic heterocycles. The Kier molecular flexibility index (Phi) is 6.83. The first-order chi connectivity index (χ1) is 15.0. The van der Waals surface area contributed by atoms with Gasteiger partial charge in [-0.25, -0.2) is 0 Å². The minimum absolute atomic E-state index is 0.107. The topological polar surface area (TPSA) is 84.5 Å². The number of amides is 2. The van der Waals surface area contributed by atoms with E-state index in [4.69, 9.17) is 8.83 Å². The van der Waals surface area contributed by atoms with Crippen molar-refractivity contribution in [2.45, 2.75) is 70.9 Å². The van der Waals surface area contributed by atoms with E-state index in [-0.39, 0.29) is 23.9 Å². The van der Waals surface area contributed by atoms with Gasteiger partial charge in [0.05, 0.1) is 12.5 Å². The average molecular weight is 427 g/mol. The number of furan rings is 2. The number of carbonyl (C=O) groups is 2. The van der Waals surface area contributed by atoms with Gasteiger partial charge < -0.3 is 19.5 Å². The summed E-state index contributed by atoms with van der Waals surface area (Å²) in [5.74, 6) is 2.95. The van der Waals surface area contributed by atoms with Crippen LogP contribution in [0.2, 0.25) is 0 Å². The van der Waals surface area contributed by atoms with Crippen LogP contribution in [-0.4, -0.2) is 23.9 Å². The van der Waals surface area contributed by atoms with Crippen LogP contribution in [0.3, 0.4) is 0 Å². The Morgan fingerprint density at radius 3 is 1.61 bits per heavy atom. The van der Waals surface area contributed by atoms with Crippen LogP contribution in [0, 0.1) is 23.7 Å². The van der Waals surface area contributed by atoms with E-state index >= 15 is 0 Å². The molecule has 2 aliphatic carbocycles. The maximum atomic E-state index is 12.3. The zero-order valence-electron chi connectivity index (χ0n) is 18.5. The lowest BCUT2D eigenvalue weighted by Crippen LogP contribution is -2.44. The van der Waals surface area contributed by atoms with Crippen molar-refractivity contribution in [2.75, 3.05) is 0 Å². The van der Waals surface area contributed by atoms with E-state index in [0.29, 0.717) is 23.4 Å². The van der Waals surface area contributed by atoms with Gasteiger partial charge in [0.1, 0.15) is 0 Å². The molecule has 168 valence electrons. The van der Waals surface area contributed by atoms with Crippen LogP contribution in [0.15, 0.2) is 45.6 Å². The first kappa shape index (κ1) is 21.7.